The number of ether oxygens (including phenoxy) is 1. The van der Waals surface area contributed by atoms with Gasteiger partial charge in [-0.15, -0.1) is 11.3 Å². The second-order valence-electron chi connectivity index (χ2n) is 8.84. The Balaban J connectivity index is 1.59. The number of hydrogen-bond acceptors (Lipinski definition) is 6. The molecule has 9 heteroatoms. The van der Waals surface area contributed by atoms with E-state index >= 15 is 0 Å². The SMILES string of the molecule is CCOC(=O)CCCn1c(NC(=O)c2cccs2)nc2cc(C(=O)N(C)C3CCCCC3)ccc21. The third kappa shape index (κ3) is 5.90. The Morgan fingerprint density at radius 2 is 2.00 bits per heavy atom. The van der Waals surface area contributed by atoms with Gasteiger partial charge in [-0.1, -0.05) is 25.3 Å². The molecular weight excluding hydrogens is 464 g/mol. The number of aryl methyl sites for hydroxylation is 1. The van der Waals surface area contributed by atoms with Gasteiger partial charge in [0.2, 0.25) is 5.95 Å². The molecule has 186 valence electrons. The average molecular weight is 497 g/mol. The number of nitrogens with one attached hydrogen (secondary N) is 1. The van der Waals surface area contributed by atoms with E-state index in [1.165, 1.54) is 17.8 Å². The van der Waals surface area contributed by atoms with Crippen LogP contribution in [0.1, 0.15) is 71.9 Å². The summed E-state index contributed by atoms with van der Waals surface area (Å²) in [5.74, 6) is -0.109. The van der Waals surface area contributed by atoms with E-state index in [0.717, 1.165) is 31.2 Å². The van der Waals surface area contributed by atoms with Crippen molar-refractivity contribution in [2.45, 2.75) is 64.5 Å². The number of carbonyl (C=O) groups excluding carboxylic acids is 3. The van der Waals surface area contributed by atoms with Crippen LogP contribution in [0, 0.1) is 0 Å². The number of thiophene rings is 1. The highest BCUT2D eigenvalue weighted by atomic mass is 32.1. The summed E-state index contributed by atoms with van der Waals surface area (Å²) in [5, 5.41) is 4.75. The van der Waals surface area contributed by atoms with Gasteiger partial charge in [0.05, 0.1) is 22.5 Å². The van der Waals surface area contributed by atoms with Crippen molar-refractivity contribution < 1.29 is 19.1 Å². The second-order valence-corrected chi connectivity index (χ2v) is 9.79. The topological polar surface area (TPSA) is 93.5 Å². The minimum atomic E-state index is -0.250. The van der Waals surface area contributed by atoms with Crippen LogP contribution in [0.5, 0.6) is 0 Å². The van der Waals surface area contributed by atoms with Gasteiger partial charge < -0.3 is 14.2 Å². The van der Waals surface area contributed by atoms with Crippen LogP contribution in [0.15, 0.2) is 35.7 Å². The molecule has 3 aromatic rings. The first-order chi connectivity index (χ1) is 17.0. The van der Waals surface area contributed by atoms with E-state index in [9.17, 15) is 14.4 Å². The van der Waals surface area contributed by atoms with Gasteiger partial charge in [0.15, 0.2) is 0 Å². The fraction of sp³-hybridized carbons (Fsp3) is 0.462. The molecule has 0 radical (unpaired) electrons. The lowest BCUT2D eigenvalue weighted by Gasteiger charge is -2.31. The number of carbonyl (C=O) groups is 3. The van der Waals surface area contributed by atoms with Gasteiger partial charge in [0, 0.05) is 31.6 Å². The number of benzene rings is 1. The first kappa shape index (κ1) is 24.9. The van der Waals surface area contributed by atoms with Crippen molar-refractivity contribution >= 4 is 46.1 Å². The van der Waals surface area contributed by atoms with Crippen molar-refractivity contribution in [2.75, 3.05) is 19.0 Å². The van der Waals surface area contributed by atoms with E-state index in [0.29, 0.717) is 41.5 Å². The molecule has 1 aromatic carbocycles. The molecule has 1 aliphatic carbocycles. The van der Waals surface area contributed by atoms with Crippen LogP contribution in [-0.2, 0) is 16.1 Å². The maximum absolute atomic E-state index is 13.2. The second kappa shape index (κ2) is 11.5. The molecule has 0 saturated heterocycles. The number of esters is 1. The summed E-state index contributed by atoms with van der Waals surface area (Å²) in [6, 6.07) is 9.33. The Morgan fingerprint density at radius 3 is 2.71 bits per heavy atom. The third-order valence-electron chi connectivity index (χ3n) is 6.48. The molecule has 35 heavy (non-hydrogen) atoms. The molecule has 0 atom stereocenters. The lowest BCUT2D eigenvalue weighted by Crippen LogP contribution is -2.38. The summed E-state index contributed by atoms with van der Waals surface area (Å²) in [7, 11) is 1.88. The van der Waals surface area contributed by atoms with Gasteiger partial charge in [-0.05, 0) is 55.8 Å². The van der Waals surface area contributed by atoms with Gasteiger partial charge in [0.1, 0.15) is 0 Å². The van der Waals surface area contributed by atoms with Crippen LogP contribution in [0.25, 0.3) is 11.0 Å². The smallest absolute Gasteiger partial charge is 0.305 e. The van der Waals surface area contributed by atoms with Crippen LogP contribution in [0.3, 0.4) is 0 Å². The standard InChI is InChI=1S/C26H32N4O4S/c1-3-34-23(31)12-7-15-30-21-14-13-18(25(33)29(2)19-9-5-4-6-10-19)17-20(21)27-26(30)28-24(32)22-11-8-16-35-22/h8,11,13-14,16-17,19H,3-7,9-10,12,15H2,1-2H3,(H,27,28,32). The van der Waals surface area contributed by atoms with E-state index in [2.05, 4.69) is 10.3 Å². The van der Waals surface area contributed by atoms with E-state index < -0.39 is 0 Å². The zero-order chi connectivity index (χ0) is 24.8. The van der Waals surface area contributed by atoms with Crippen molar-refractivity contribution in [3.63, 3.8) is 0 Å². The molecule has 1 fully saturated rings. The normalized spacial score (nSPS) is 14.1. The summed E-state index contributed by atoms with van der Waals surface area (Å²) in [6.45, 7) is 2.61. The number of imidazole rings is 1. The Kier molecular flexibility index (Phi) is 8.17. The lowest BCUT2D eigenvalue weighted by atomic mass is 9.94. The van der Waals surface area contributed by atoms with Crippen LogP contribution < -0.4 is 5.32 Å². The fourth-order valence-corrected chi connectivity index (χ4v) is 5.23. The Bertz CT molecular complexity index is 1180. The number of rotatable bonds is 9. The zero-order valence-electron chi connectivity index (χ0n) is 20.3. The van der Waals surface area contributed by atoms with Gasteiger partial charge in [-0.25, -0.2) is 4.98 Å². The summed E-state index contributed by atoms with van der Waals surface area (Å²) in [5.41, 5.74) is 2.01. The molecule has 8 nitrogen and oxygen atoms in total. The lowest BCUT2D eigenvalue weighted by molar-refractivity contribution is -0.143. The van der Waals surface area contributed by atoms with E-state index in [1.807, 2.05) is 40.1 Å². The monoisotopic (exact) mass is 496 g/mol. The van der Waals surface area contributed by atoms with Gasteiger partial charge in [-0.2, -0.15) is 0 Å². The molecule has 0 spiro atoms. The number of aromatic nitrogens is 2. The van der Waals surface area contributed by atoms with E-state index in [-0.39, 0.29) is 30.2 Å². The maximum Gasteiger partial charge on any atom is 0.305 e. The minimum Gasteiger partial charge on any atom is -0.466 e. The zero-order valence-corrected chi connectivity index (χ0v) is 21.1. The van der Waals surface area contributed by atoms with Crippen molar-refractivity contribution in [1.29, 1.82) is 0 Å². The van der Waals surface area contributed by atoms with Crippen LogP contribution in [0.4, 0.5) is 5.95 Å². The average Bonchev–Trinajstić information content (AvgIpc) is 3.52. The number of amides is 2. The summed E-state index contributed by atoms with van der Waals surface area (Å²) < 4.78 is 6.92. The van der Waals surface area contributed by atoms with Crippen molar-refractivity contribution in [3.8, 4) is 0 Å². The molecule has 2 amide bonds. The molecule has 0 aliphatic heterocycles. The van der Waals surface area contributed by atoms with Crippen LogP contribution in [0.2, 0.25) is 0 Å². The minimum absolute atomic E-state index is 0.0140. The van der Waals surface area contributed by atoms with E-state index in [1.54, 1.807) is 19.1 Å². The Morgan fingerprint density at radius 1 is 1.20 bits per heavy atom. The summed E-state index contributed by atoms with van der Waals surface area (Å²) in [6.07, 6.45) is 6.44. The number of anilines is 1. The van der Waals surface area contributed by atoms with Crippen molar-refractivity contribution in [1.82, 2.24) is 14.5 Å². The van der Waals surface area contributed by atoms with Crippen LogP contribution >= 0.6 is 11.3 Å². The third-order valence-corrected chi connectivity index (χ3v) is 7.34. The number of hydrogen-bond donors (Lipinski definition) is 1. The first-order valence-electron chi connectivity index (χ1n) is 12.3. The molecule has 0 unspecified atom stereocenters. The van der Waals surface area contributed by atoms with Crippen LogP contribution in [-0.4, -0.2) is 51.9 Å². The summed E-state index contributed by atoms with van der Waals surface area (Å²) in [4.78, 5) is 44.8. The molecular formula is C26H32N4O4S. The maximum atomic E-state index is 13.2. The molecule has 1 aliphatic rings. The number of nitrogens with zero attached hydrogens (tertiary/aromatic N) is 3. The van der Waals surface area contributed by atoms with Gasteiger partial charge in [-0.3, -0.25) is 19.7 Å². The molecule has 1 saturated carbocycles. The summed E-state index contributed by atoms with van der Waals surface area (Å²) >= 11 is 1.35. The predicted octanol–water partition coefficient (Wildman–Crippen LogP) is 5.10. The molecule has 1 N–H and O–H groups in total. The van der Waals surface area contributed by atoms with Gasteiger partial charge in [0.25, 0.3) is 11.8 Å². The number of fused-ring (bicyclic) bond motifs is 1. The fourth-order valence-electron chi connectivity index (χ4n) is 4.61. The van der Waals surface area contributed by atoms with E-state index in [4.69, 9.17) is 4.74 Å². The first-order valence-corrected chi connectivity index (χ1v) is 13.1. The Hall–Kier alpha value is -3.20. The highest BCUT2D eigenvalue weighted by molar-refractivity contribution is 7.12. The highest BCUT2D eigenvalue weighted by Crippen LogP contribution is 2.26. The highest BCUT2D eigenvalue weighted by Gasteiger charge is 2.24. The van der Waals surface area contributed by atoms with Gasteiger partial charge >= 0.3 is 5.97 Å². The van der Waals surface area contributed by atoms with Crippen molar-refractivity contribution in [3.05, 3.63) is 46.2 Å². The Labute approximate surface area is 209 Å². The quantitative estimate of drug-likeness (QED) is 0.416. The largest absolute Gasteiger partial charge is 0.466 e. The molecule has 2 heterocycles. The molecule has 0 bridgehead atoms. The molecule has 2 aromatic heterocycles. The predicted molar refractivity (Wildman–Crippen MR) is 137 cm³/mol. The molecule has 4 rings (SSSR count). The van der Waals surface area contributed by atoms with Crippen molar-refractivity contribution in [2.24, 2.45) is 0 Å².